The van der Waals surface area contributed by atoms with E-state index < -0.39 is 0 Å². The second-order valence-corrected chi connectivity index (χ2v) is 9.20. The number of ether oxygens (including phenoxy) is 2. The number of aromatic nitrogens is 3. The third-order valence-corrected chi connectivity index (χ3v) is 6.78. The smallest absolute Gasteiger partial charge is 0.196 e. The van der Waals surface area contributed by atoms with Crippen molar-refractivity contribution >= 4 is 40.3 Å². The van der Waals surface area contributed by atoms with Gasteiger partial charge in [-0.1, -0.05) is 35.1 Å². The molecule has 2 aromatic carbocycles. The molecule has 0 unspecified atom stereocenters. The van der Waals surface area contributed by atoms with Gasteiger partial charge in [0.15, 0.2) is 11.4 Å². The van der Waals surface area contributed by atoms with Gasteiger partial charge in [0.2, 0.25) is 0 Å². The molecule has 33 heavy (non-hydrogen) atoms. The molecule has 0 saturated carbocycles. The topological polar surface area (TPSA) is 69.5 Å². The number of nitrogens with zero attached hydrogens (tertiary/aromatic N) is 4. The van der Waals surface area contributed by atoms with E-state index in [0.717, 1.165) is 67.9 Å². The number of thiazole rings is 1. The van der Waals surface area contributed by atoms with Crippen LogP contribution in [0.2, 0.25) is 5.02 Å². The molecule has 3 heterocycles. The van der Waals surface area contributed by atoms with E-state index in [2.05, 4.69) is 9.88 Å². The number of imidazole rings is 1. The Morgan fingerprint density at radius 2 is 2.06 bits per heavy atom. The predicted octanol–water partition coefficient (Wildman–Crippen LogP) is 4.72. The minimum atomic E-state index is 0.546. The second kappa shape index (κ2) is 10.0. The third-order valence-electron chi connectivity index (χ3n) is 5.56. The van der Waals surface area contributed by atoms with Crippen molar-refractivity contribution < 1.29 is 14.3 Å². The van der Waals surface area contributed by atoms with E-state index in [0.29, 0.717) is 27.3 Å². The molecule has 170 valence electrons. The number of hydrogen-bond donors (Lipinski definition) is 0. The third kappa shape index (κ3) is 4.94. The number of benzene rings is 2. The van der Waals surface area contributed by atoms with Gasteiger partial charge in [-0.05, 0) is 30.7 Å². The van der Waals surface area contributed by atoms with Gasteiger partial charge in [0, 0.05) is 36.3 Å². The van der Waals surface area contributed by atoms with Crippen molar-refractivity contribution in [2.45, 2.75) is 6.42 Å². The lowest BCUT2D eigenvalue weighted by Crippen LogP contribution is -2.37. The van der Waals surface area contributed by atoms with Gasteiger partial charge in [0.1, 0.15) is 12.1 Å². The predicted molar refractivity (Wildman–Crippen MR) is 130 cm³/mol. The van der Waals surface area contributed by atoms with Crippen molar-refractivity contribution in [3.63, 3.8) is 0 Å². The zero-order valence-electron chi connectivity index (χ0n) is 17.9. The first-order valence-corrected chi connectivity index (χ1v) is 12.0. The molecule has 0 aliphatic carbocycles. The molecule has 0 amide bonds. The van der Waals surface area contributed by atoms with Crippen LogP contribution in [0.4, 0.5) is 0 Å². The average Bonchev–Trinajstić information content (AvgIpc) is 3.46. The Bertz CT molecular complexity index is 1270. The number of hydrogen-bond acceptors (Lipinski definition) is 7. The minimum Gasteiger partial charge on any atom is -0.493 e. The molecular weight excluding hydrogens is 460 g/mol. The number of rotatable bonds is 8. The van der Waals surface area contributed by atoms with Crippen LogP contribution in [0.15, 0.2) is 48.8 Å². The Morgan fingerprint density at radius 1 is 1.18 bits per heavy atom. The Labute approximate surface area is 200 Å². The number of carbonyl (C=O) groups is 1. The van der Waals surface area contributed by atoms with Crippen molar-refractivity contribution in [3.8, 4) is 22.1 Å². The summed E-state index contributed by atoms with van der Waals surface area (Å²) >= 11 is 7.46. The van der Waals surface area contributed by atoms with Gasteiger partial charge in [-0.2, -0.15) is 0 Å². The van der Waals surface area contributed by atoms with E-state index in [-0.39, 0.29) is 0 Å². The summed E-state index contributed by atoms with van der Waals surface area (Å²) in [5, 5.41) is 1.27. The highest BCUT2D eigenvalue weighted by Gasteiger charge is 2.16. The highest BCUT2D eigenvalue weighted by atomic mass is 35.5. The fourth-order valence-corrected chi connectivity index (χ4v) is 4.95. The monoisotopic (exact) mass is 482 g/mol. The molecule has 0 bridgehead atoms. The largest absolute Gasteiger partial charge is 0.493 e. The molecule has 9 heteroatoms. The summed E-state index contributed by atoms with van der Waals surface area (Å²) in [5.41, 5.74) is 3.14. The standard InChI is InChI=1S/C24H23ClN4O3S/c25-18-4-1-3-17(13-18)23-22(15-30)33-24(27-23)29-16-26-20-6-5-19(14-21(20)29)32-10-2-7-28-8-11-31-12-9-28/h1,3-6,13-16H,2,7-12H2. The van der Waals surface area contributed by atoms with Crippen LogP contribution in [0.5, 0.6) is 5.75 Å². The first-order chi connectivity index (χ1) is 16.2. The molecule has 4 aromatic rings. The Hall–Kier alpha value is -2.78. The van der Waals surface area contributed by atoms with Gasteiger partial charge in [0.05, 0.1) is 41.4 Å². The van der Waals surface area contributed by atoms with Gasteiger partial charge in [-0.25, -0.2) is 9.97 Å². The normalized spacial score (nSPS) is 14.6. The zero-order valence-corrected chi connectivity index (χ0v) is 19.5. The van der Waals surface area contributed by atoms with Crippen LogP contribution in [0.25, 0.3) is 27.4 Å². The van der Waals surface area contributed by atoms with Crippen molar-refractivity contribution in [1.82, 2.24) is 19.4 Å². The lowest BCUT2D eigenvalue weighted by Gasteiger charge is -2.26. The van der Waals surface area contributed by atoms with Crippen molar-refractivity contribution in [2.24, 2.45) is 0 Å². The van der Waals surface area contributed by atoms with Crippen LogP contribution < -0.4 is 4.74 Å². The molecule has 2 aromatic heterocycles. The van der Waals surface area contributed by atoms with Gasteiger partial charge in [-0.15, -0.1) is 0 Å². The maximum Gasteiger partial charge on any atom is 0.196 e. The van der Waals surface area contributed by atoms with Gasteiger partial charge in [-0.3, -0.25) is 14.3 Å². The van der Waals surface area contributed by atoms with Gasteiger partial charge >= 0.3 is 0 Å². The Balaban J connectivity index is 1.35. The van der Waals surface area contributed by atoms with Crippen LogP contribution in [-0.2, 0) is 4.74 Å². The summed E-state index contributed by atoms with van der Waals surface area (Å²) in [6.45, 7) is 5.23. The van der Waals surface area contributed by atoms with Gasteiger partial charge < -0.3 is 9.47 Å². The fraction of sp³-hybridized carbons (Fsp3) is 0.292. The van der Waals surface area contributed by atoms with Crippen LogP contribution in [0, 0.1) is 0 Å². The lowest BCUT2D eigenvalue weighted by atomic mass is 10.1. The van der Waals surface area contributed by atoms with Crippen molar-refractivity contribution in [1.29, 1.82) is 0 Å². The van der Waals surface area contributed by atoms with Gasteiger partial charge in [0.25, 0.3) is 0 Å². The van der Waals surface area contributed by atoms with Crippen LogP contribution in [0.3, 0.4) is 0 Å². The molecule has 7 nitrogen and oxygen atoms in total. The summed E-state index contributed by atoms with van der Waals surface area (Å²) in [4.78, 5) is 23.9. The van der Waals surface area contributed by atoms with Crippen LogP contribution in [-0.4, -0.2) is 65.2 Å². The average molecular weight is 483 g/mol. The van der Waals surface area contributed by atoms with Crippen molar-refractivity contribution in [3.05, 3.63) is 58.7 Å². The molecule has 0 N–H and O–H groups in total. The van der Waals surface area contributed by atoms with E-state index >= 15 is 0 Å². The van der Waals surface area contributed by atoms with E-state index in [1.165, 1.54) is 11.3 Å². The quantitative estimate of drug-likeness (QED) is 0.267. The Kier molecular flexibility index (Phi) is 6.68. The first kappa shape index (κ1) is 22.0. The zero-order chi connectivity index (χ0) is 22.6. The molecule has 1 aliphatic heterocycles. The minimum absolute atomic E-state index is 0.546. The molecular formula is C24H23ClN4O3S. The van der Waals surface area contributed by atoms with E-state index in [1.807, 2.05) is 41.0 Å². The van der Waals surface area contributed by atoms with Crippen molar-refractivity contribution in [2.75, 3.05) is 39.5 Å². The second-order valence-electron chi connectivity index (χ2n) is 7.76. The lowest BCUT2D eigenvalue weighted by molar-refractivity contribution is 0.0358. The summed E-state index contributed by atoms with van der Waals surface area (Å²) in [7, 11) is 0. The summed E-state index contributed by atoms with van der Waals surface area (Å²) in [6.07, 6.45) is 3.51. The molecule has 0 atom stereocenters. The molecule has 1 fully saturated rings. The molecule has 5 rings (SSSR count). The maximum absolute atomic E-state index is 11.7. The molecule has 1 saturated heterocycles. The maximum atomic E-state index is 11.7. The Morgan fingerprint density at radius 3 is 2.88 bits per heavy atom. The number of morpholine rings is 1. The highest BCUT2D eigenvalue weighted by Crippen LogP contribution is 2.32. The molecule has 0 spiro atoms. The summed E-state index contributed by atoms with van der Waals surface area (Å²) in [6, 6.07) is 13.2. The van der Waals surface area contributed by atoms with E-state index in [1.54, 1.807) is 12.4 Å². The molecule has 0 radical (unpaired) electrons. The number of halogens is 1. The number of fused-ring (bicyclic) bond motifs is 1. The fourth-order valence-electron chi connectivity index (χ4n) is 3.88. The number of aldehydes is 1. The number of carbonyl (C=O) groups excluding carboxylic acids is 1. The highest BCUT2D eigenvalue weighted by molar-refractivity contribution is 7.16. The summed E-state index contributed by atoms with van der Waals surface area (Å²) < 4.78 is 13.3. The molecule has 1 aliphatic rings. The summed E-state index contributed by atoms with van der Waals surface area (Å²) in [5.74, 6) is 0.786. The first-order valence-electron chi connectivity index (χ1n) is 10.8. The SMILES string of the molecule is O=Cc1sc(-n2cnc3ccc(OCCCN4CCOCC4)cc32)nc1-c1cccc(Cl)c1. The van der Waals surface area contributed by atoms with E-state index in [4.69, 9.17) is 26.1 Å². The van der Waals surface area contributed by atoms with E-state index in [9.17, 15) is 4.79 Å². The van der Waals surface area contributed by atoms with Crippen LogP contribution in [0.1, 0.15) is 16.1 Å². The van der Waals surface area contributed by atoms with Crippen LogP contribution >= 0.6 is 22.9 Å².